The monoisotopic (exact) mass is 370 g/mol. The van der Waals surface area contributed by atoms with Gasteiger partial charge in [0.15, 0.2) is 5.69 Å². The molecule has 0 aromatic carbocycles. The quantitative estimate of drug-likeness (QED) is 0.868. The Bertz CT molecular complexity index is 863. The van der Waals surface area contributed by atoms with E-state index in [0.717, 1.165) is 24.4 Å². The summed E-state index contributed by atoms with van der Waals surface area (Å²) in [4.78, 5) is 31.5. The summed E-state index contributed by atoms with van der Waals surface area (Å²) in [5.41, 5.74) is 1.34. The van der Waals surface area contributed by atoms with Crippen LogP contribution in [0.15, 0.2) is 18.5 Å². The van der Waals surface area contributed by atoms with Crippen LogP contribution in [0.4, 0.5) is 0 Å². The lowest BCUT2D eigenvalue weighted by Gasteiger charge is -2.30. The van der Waals surface area contributed by atoms with Crippen LogP contribution in [0.2, 0.25) is 0 Å². The molecule has 1 atom stereocenters. The van der Waals surface area contributed by atoms with Gasteiger partial charge in [0.25, 0.3) is 5.91 Å². The Morgan fingerprint density at radius 3 is 2.70 bits per heavy atom. The summed E-state index contributed by atoms with van der Waals surface area (Å²) in [5.74, 6) is 1.11. The summed E-state index contributed by atoms with van der Waals surface area (Å²) in [7, 11) is 0. The highest BCUT2D eigenvalue weighted by atomic mass is 16.2. The Labute approximate surface area is 158 Å². The van der Waals surface area contributed by atoms with Gasteiger partial charge in [0.2, 0.25) is 5.91 Å². The third-order valence-electron chi connectivity index (χ3n) is 5.24. The highest BCUT2D eigenvalue weighted by molar-refractivity contribution is 5.92. The molecule has 1 fully saturated rings. The zero-order valence-electron chi connectivity index (χ0n) is 16.1. The Morgan fingerprint density at radius 1 is 1.22 bits per heavy atom. The molecule has 0 saturated heterocycles. The first kappa shape index (κ1) is 17.8. The number of fused-ring (bicyclic) bond motifs is 1. The molecule has 0 radical (unpaired) electrons. The molecular formula is C19H26N6O2. The smallest absolute Gasteiger partial charge is 0.272 e. The SMILES string of the molecule is CC(C)c1nccn1[C@H](C)C(=O)N1CCn2nc(C(=O)NC3CC3)cc2C1. The van der Waals surface area contributed by atoms with Gasteiger partial charge in [0, 0.05) is 30.9 Å². The standard InChI is InChI=1S/C19H26N6O2/c1-12(2)17-20-6-7-24(17)13(3)19(27)23-8-9-25-15(11-23)10-16(22-25)18(26)21-14-4-5-14/h6-7,10,12-14H,4-5,8-9,11H2,1-3H3,(H,21,26)/t13-/m1/s1. The van der Waals surface area contributed by atoms with Crippen molar-refractivity contribution in [3.05, 3.63) is 35.7 Å². The summed E-state index contributed by atoms with van der Waals surface area (Å²) < 4.78 is 3.79. The second-order valence-corrected chi connectivity index (χ2v) is 7.77. The van der Waals surface area contributed by atoms with Crippen LogP contribution < -0.4 is 5.32 Å². The van der Waals surface area contributed by atoms with E-state index in [2.05, 4.69) is 29.2 Å². The summed E-state index contributed by atoms with van der Waals surface area (Å²) >= 11 is 0. The first-order chi connectivity index (χ1) is 12.9. The van der Waals surface area contributed by atoms with Gasteiger partial charge in [-0.15, -0.1) is 0 Å². The van der Waals surface area contributed by atoms with Crippen molar-refractivity contribution in [3.63, 3.8) is 0 Å². The lowest BCUT2D eigenvalue weighted by Crippen LogP contribution is -2.41. The topological polar surface area (TPSA) is 85.1 Å². The molecule has 1 N–H and O–H groups in total. The van der Waals surface area contributed by atoms with Crippen LogP contribution in [-0.4, -0.2) is 48.6 Å². The summed E-state index contributed by atoms with van der Waals surface area (Å²) in [6.07, 6.45) is 5.71. The maximum absolute atomic E-state index is 13.0. The van der Waals surface area contributed by atoms with Gasteiger partial charge in [-0.1, -0.05) is 13.8 Å². The predicted molar refractivity (Wildman–Crippen MR) is 99.2 cm³/mol. The fraction of sp³-hybridized carbons (Fsp3) is 0.579. The number of imidazole rings is 1. The van der Waals surface area contributed by atoms with Crippen LogP contribution in [0.5, 0.6) is 0 Å². The third kappa shape index (κ3) is 3.48. The lowest BCUT2D eigenvalue weighted by molar-refractivity contribution is -0.135. The minimum Gasteiger partial charge on any atom is -0.348 e. The number of nitrogens with one attached hydrogen (secondary N) is 1. The summed E-state index contributed by atoms with van der Waals surface area (Å²) in [6.45, 7) is 7.72. The van der Waals surface area contributed by atoms with E-state index in [1.54, 1.807) is 12.3 Å². The van der Waals surface area contributed by atoms with Gasteiger partial charge in [-0.05, 0) is 25.8 Å². The van der Waals surface area contributed by atoms with Crippen molar-refractivity contribution >= 4 is 11.8 Å². The molecule has 1 aliphatic heterocycles. The Hall–Kier alpha value is -2.64. The molecule has 2 aromatic heterocycles. The molecule has 8 nitrogen and oxygen atoms in total. The molecule has 2 aliphatic rings. The second kappa shape index (κ2) is 6.83. The Kier molecular flexibility index (Phi) is 4.49. The second-order valence-electron chi connectivity index (χ2n) is 7.77. The summed E-state index contributed by atoms with van der Waals surface area (Å²) in [6, 6.07) is 1.80. The van der Waals surface area contributed by atoms with Crippen LogP contribution in [0.1, 0.15) is 67.6 Å². The van der Waals surface area contributed by atoms with Crippen LogP contribution in [0, 0.1) is 0 Å². The maximum atomic E-state index is 13.0. The number of amides is 2. The first-order valence-corrected chi connectivity index (χ1v) is 9.63. The van der Waals surface area contributed by atoms with Crippen LogP contribution in [-0.2, 0) is 17.9 Å². The van der Waals surface area contributed by atoms with Crippen molar-refractivity contribution in [2.24, 2.45) is 0 Å². The van der Waals surface area contributed by atoms with Crippen LogP contribution in [0.25, 0.3) is 0 Å². The molecule has 1 aliphatic carbocycles. The highest BCUT2D eigenvalue weighted by Gasteiger charge is 2.30. The summed E-state index contributed by atoms with van der Waals surface area (Å²) in [5, 5.41) is 7.37. The average molecular weight is 370 g/mol. The number of rotatable bonds is 5. The number of carbonyl (C=O) groups is 2. The molecule has 0 spiro atoms. The molecule has 1 saturated carbocycles. The van der Waals surface area contributed by atoms with Gasteiger partial charge in [0.05, 0.1) is 18.8 Å². The van der Waals surface area contributed by atoms with Crippen molar-refractivity contribution in [1.29, 1.82) is 0 Å². The maximum Gasteiger partial charge on any atom is 0.272 e. The van der Waals surface area contributed by atoms with Crippen molar-refractivity contribution < 1.29 is 9.59 Å². The molecule has 144 valence electrons. The average Bonchev–Trinajstić information content (AvgIpc) is 3.17. The molecule has 0 unspecified atom stereocenters. The Balaban J connectivity index is 1.47. The third-order valence-corrected chi connectivity index (χ3v) is 5.24. The van der Waals surface area contributed by atoms with Crippen molar-refractivity contribution in [1.82, 2.24) is 29.5 Å². The van der Waals surface area contributed by atoms with Crippen molar-refractivity contribution in [2.45, 2.75) is 64.7 Å². The molecular weight excluding hydrogens is 344 g/mol. The molecule has 2 amide bonds. The predicted octanol–water partition coefficient (Wildman–Crippen LogP) is 1.70. The first-order valence-electron chi connectivity index (χ1n) is 9.63. The fourth-order valence-corrected chi connectivity index (χ4v) is 3.53. The van der Waals surface area contributed by atoms with Crippen LogP contribution in [0.3, 0.4) is 0 Å². The molecule has 2 aromatic rings. The molecule has 4 rings (SSSR count). The fourth-order valence-electron chi connectivity index (χ4n) is 3.53. The van der Waals surface area contributed by atoms with E-state index in [4.69, 9.17) is 0 Å². The van der Waals surface area contributed by atoms with Gasteiger partial charge in [-0.3, -0.25) is 14.3 Å². The van der Waals surface area contributed by atoms with E-state index in [-0.39, 0.29) is 23.8 Å². The number of aromatic nitrogens is 4. The van der Waals surface area contributed by atoms with Crippen molar-refractivity contribution in [2.75, 3.05) is 6.54 Å². The number of carbonyl (C=O) groups excluding carboxylic acids is 2. The molecule has 0 bridgehead atoms. The van der Waals surface area contributed by atoms with E-state index < -0.39 is 0 Å². The number of nitrogens with zero attached hydrogens (tertiary/aromatic N) is 5. The highest BCUT2D eigenvalue weighted by Crippen LogP contribution is 2.23. The molecule has 27 heavy (non-hydrogen) atoms. The van der Waals surface area contributed by atoms with Crippen LogP contribution >= 0.6 is 0 Å². The number of hydrogen-bond acceptors (Lipinski definition) is 4. The minimum atomic E-state index is -0.308. The Morgan fingerprint density at radius 2 is 2.00 bits per heavy atom. The van der Waals surface area contributed by atoms with Gasteiger partial charge >= 0.3 is 0 Å². The zero-order valence-corrected chi connectivity index (χ0v) is 16.1. The zero-order chi connectivity index (χ0) is 19.1. The lowest BCUT2D eigenvalue weighted by atomic mass is 10.1. The minimum absolute atomic E-state index is 0.0614. The van der Waals surface area contributed by atoms with Gasteiger partial charge in [-0.2, -0.15) is 5.10 Å². The normalized spacial score (nSPS) is 17.7. The largest absolute Gasteiger partial charge is 0.348 e. The van der Waals surface area contributed by atoms with Crippen molar-refractivity contribution in [3.8, 4) is 0 Å². The van der Waals surface area contributed by atoms with E-state index in [1.807, 2.05) is 27.3 Å². The van der Waals surface area contributed by atoms with Gasteiger partial charge in [-0.25, -0.2) is 4.98 Å². The molecule has 3 heterocycles. The number of hydrogen-bond donors (Lipinski definition) is 1. The van der Waals surface area contributed by atoms with Gasteiger partial charge < -0.3 is 14.8 Å². The van der Waals surface area contributed by atoms with E-state index in [9.17, 15) is 9.59 Å². The molecule has 8 heteroatoms. The van der Waals surface area contributed by atoms with E-state index in [1.165, 1.54) is 0 Å². The van der Waals surface area contributed by atoms with Gasteiger partial charge in [0.1, 0.15) is 11.9 Å². The van der Waals surface area contributed by atoms with E-state index in [0.29, 0.717) is 31.4 Å². The van der Waals surface area contributed by atoms with E-state index >= 15 is 0 Å².